The van der Waals surface area contributed by atoms with E-state index in [0.29, 0.717) is 5.88 Å². The molecule has 0 spiro atoms. The minimum absolute atomic E-state index is 0.204. The lowest BCUT2D eigenvalue weighted by molar-refractivity contribution is 0.398. The van der Waals surface area contributed by atoms with Crippen molar-refractivity contribution in [1.82, 2.24) is 4.98 Å². The van der Waals surface area contributed by atoms with Crippen molar-refractivity contribution in [3.05, 3.63) is 34.3 Å². The summed E-state index contributed by atoms with van der Waals surface area (Å²) in [5.74, 6) is 0.632. The van der Waals surface area contributed by atoms with Crippen LogP contribution in [0.25, 0.3) is 10.9 Å². The molecule has 16 heavy (non-hydrogen) atoms. The molecule has 0 amide bonds. The third-order valence-corrected chi connectivity index (χ3v) is 3.39. The van der Waals surface area contributed by atoms with E-state index in [1.165, 1.54) is 0 Å². The van der Waals surface area contributed by atoms with Crippen molar-refractivity contribution in [2.45, 2.75) is 6.10 Å². The minimum atomic E-state index is 0.204. The number of ether oxygens (including phenoxy) is 2. The summed E-state index contributed by atoms with van der Waals surface area (Å²) in [6, 6.07) is 7.96. The fourth-order valence-electron chi connectivity index (χ4n) is 1.79. The van der Waals surface area contributed by atoms with Crippen LogP contribution in [-0.2, 0) is 4.74 Å². The van der Waals surface area contributed by atoms with Crippen molar-refractivity contribution in [3.8, 4) is 5.88 Å². The van der Waals surface area contributed by atoms with E-state index in [0.717, 1.165) is 27.5 Å². The molecular formula is C12H10BrNO2. The summed E-state index contributed by atoms with van der Waals surface area (Å²) in [6.07, 6.45) is 0.204. The molecule has 0 bridgehead atoms. The van der Waals surface area contributed by atoms with Crippen LogP contribution >= 0.6 is 15.9 Å². The second-order valence-electron chi connectivity index (χ2n) is 3.71. The Morgan fingerprint density at radius 1 is 1.38 bits per heavy atom. The molecule has 1 unspecified atom stereocenters. The number of epoxide rings is 1. The maximum Gasteiger partial charge on any atom is 0.213 e. The molecule has 1 aromatic carbocycles. The van der Waals surface area contributed by atoms with E-state index in [1.807, 2.05) is 18.2 Å². The first-order valence-corrected chi connectivity index (χ1v) is 5.83. The van der Waals surface area contributed by atoms with Gasteiger partial charge in [0.1, 0.15) is 6.10 Å². The molecule has 0 radical (unpaired) electrons. The van der Waals surface area contributed by atoms with E-state index in [1.54, 1.807) is 7.11 Å². The average molecular weight is 280 g/mol. The van der Waals surface area contributed by atoms with Crippen molar-refractivity contribution in [2.24, 2.45) is 0 Å². The Morgan fingerprint density at radius 2 is 2.19 bits per heavy atom. The van der Waals surface area contributed by atoms with Crippen molar-refractivity contribution in [1.29, 1.82) is 0 Å². The molecule has 1 aliphatic heterocycles. The lowest BCUT2D eigenvalue weighted by Gasteiger charge is -2.07. The van der Waals surface area contributed by atoms with Crippen molar-refractivity contribution in [2.75, 3.05) is 13.7 Å². The zero-order chi connectivity index (χ0) is 11.1. The van der Waals surface area contributed by atoms with Gasteiger partial charge < -0.3 is 9.47 Å². The number of halogens is 1. The smallest absolute Gasteiger partial charge is 0.213 e. The van der Waals surface area contributed by atoms with Crippen LogP contribution in [0.3, 0.4) is 0 Å². The van der Waals surface area contributed by atoms with E-state index in [4.69, 9.17) is 9.47 Å². The number of rotatable bonds is 2. The Kier molecular flexibility index (Phi) is 2.33. The lowest BCUT2D eigenvalue weighted by atomic mass is 10.1. The number of benzene rings is 1. The minimum Gasteiger partial charge on any atom is -0.481 e. The Balaban J connectivity index is 2.29. The van der Waals surface area contributed by atoms with Gasteiger partial charge in [-0.3, -0.25) is 0 Å². The number of aromatic nitrogens is 1. The van der Waals surface area contributed by atoms with Crippen LogP contribution in [0.1, 0.15) is 11.7 Å². The maximum atomic E-state index is 5.32. The van der Waals surface area contributed by atoms with E-state index in [-0.39, 0.29) is 6.10 Å². The van der Waals surface area contributed by atoms with Crippen molar-refractivity contribution in [3.63, 3.8) is 0 Å². The SMILES string of the molecule is COc1ccc2c(Br)ccc(C3CO3)c2n1. The molecule has 82 valence electrons. The van der Waals surface area contributed by atoms with Crippen LogP contribution < -0.4 is 4.74 Å². The molecule has 2 aromatic rings. The Hall–Kier alpha value is -1.13. The molecule has 1 atom stereocenters. The lowest BCUT2D eigenvalue weighted by Crippen LogP contribution is -1.92. The Bertz CT molecular complexity index is 552. The van der Waals surface area contributed by atoms with E-state index < -0.39 is 0 Å². The van der Waals surface area contributed by atoms with Crippen LogP contribution in [0.15, 0.2) is 28.7 Å². The Labute approximate surface area is 102 Å². The number of hydrogen-bond acceptors (Lipinski definition) is 3. The second-order valence-corrected chi connectivity index (χ2v) is 4.56. The Morgan fingerprint density at radius 3 is 2.88 bits per heavy atom. The van der Waals surface area contributed by atoms with Crippen LogP contribution in [0, 0.1) is 0 Å². The van der Waals surface area contributed by atoms with Gasteiger partial charge in [-0.15, -0.1) is 0 Å². The van der Waals surface area contributed by atoms with Crippen molar-refractivity contribution >= 4 is 26.8 Å². The van der Waals surface area contributed by atoms with Gasteiger partial charge in [-0.25, -0.2) is 4.98 Å². The highest BCUT2D eigenvalue weighted by Crippen LogP contribution is 2.37. The monoisotopic (exact) mass is 279 g/mol. The summed E-state index contributed by atoms with van der Waals surface area (Å²) in [5.41, 5.74) is 2.09. The zero-order valence-corrected chi connectivity index (χ0v) is 10.3. The molecular weight excluding hydrogens is 270 g/mol. The number of methoxy groups -OCH3 is 1. The number of fused-ring (bicyclic) bond motifs is 1. The third-order valence-electron chi connectivity index (χ3n) is 2.70. The first-order valence-electron chi connectivity index (χ1n) is 5.04. The molecule has 0 N–H and O–H groups in total. The highest BCUT2D eigenvalue weighted by molar-refractivity contribution is 9.10. The summed E-state index contributed by atoms with van der Waals surface area (Å²) in [6.45, 7) is 0.787. The van der Waals surface area contributed by atoms with Crippen LogP contribution in [0.5, 0.6) is 5.88 Å². The third kappa shape index (κ3) is 1.58. The highest BCUT2D eigenvalue weighted by Gasteiger charge is 2.27. The van der Waals surface area contributed by atoms with Crippen LogP contribution in [0.4, 0.5) is 0 Å². The fourth-order valence-corrected chi connectivity index (χ4v) is 2.24. The first-order chi connectivity index (χ1) is 7.79. The molecule has 1 aromatic heterocycles. The fraction of sp³-hybridized carbons (Fsp3) is 0.250. The van der Waals surface area contributed by atoms with Crippen LogP contribution in [-0.4, -0.2) is 18.7 Å². The van der Waals surface area contributed by atoms with Gasteiger partial charge in [0.2, 0.25) is 5.88 Å². The average Bonchev–Trinajstić information content (AvgIpc) is 3.13. The summed E-state index contributed by atoms with van der Waals surface area (Å²) in [5, 5.41) is 1.09. The quantitative estimate of drug-likeness (QED) is 0.793. The molecule has 1 saturated heterocycles. The molecule has 1 aliphatic rings. The number of pyridine rings is 1. The summed E-state index contributed by atoms with van der Waals surface area (Å²) in [7, 11) is 1.62. The van der Waals surface area contributed by atoms with Crippen molar-refractivity contribution < 1.29 is 9.47 Å². The van der Waals surface area contributed by atoms with Gasteiger partial charge in [0, 0.05) is 21.5 Å². The predicted octanol–water partition coefficient (Wildman–Crippen LogP) is 3.08. The van der Waals surface area contributed by atoms with E-state index >= 15 is 0 Å². The molecule has 1 fully saturated rings. The number of hydrogen-bond donors (Lipinski definition) is 0. The normalized spacial score (nSPS) is 18.8. The molecule has 0 aliphatic carbocycles. The molecule has 4 heteroatoms. The summed E-state index contributed by atoms with van der Waals surface area (Å²) in [4.78, 5) is 4.48. The van der Waals surface area contributed by atoms with Gasteiger partial charge in [0.15, 0.2) is 0 Å². The zero-order valence-electron chi connectivity index (χ0n) is 8.74. The second kappa shape index (κ2) is 3.71. The highest BCUT2D eigenvalue weighted by atomic mass is 79.9. The van der Waals surface area contributed by atoms with Gasteiger partial charge in [-0.1, -0.05) is 22.0 Å². The predicted molar refractivity (Wildman–Crippen MR) is 64.7 cm³/mol. The van der Waals surface area contributed by atoms with Gasteiger partial charge in [0.05, 0.1) is 19.2 Å². The van der Waals surface area contributed by atoms with E-state index in [2.05, 4.69) is 27.0 Å². The number of nitrogens with zero attached hydrogens (tertiary/aromatic N) is 1. The summed E-state index contributed by atoms with van der Waals surface area (Å²) < 4.78 is 11.5. The van der Waals surface area contributed by atoms with Gasteiger partial charge in [-0.05, 0) is 12.1 Å². The van der Waals surface area contributed by atoms with E-state index in [9.17, 15) is 0 Å². The largest absolute Gasteiger partial charge is 0.481 e. The van der Waals surface area contributed by atoms with Gasteiger partial charge >= 0.3 is 0 Å². The molecule has 3 rings (SSSR count). The topological polar surface area (TPSA) is 34.6 Å². The van der Waals surface area contributed by atoms with Gasteiger partial charge in [-0.2, -0.15) is 0 Å². The maximum absolute atomic E-state index is 5.32. The molecule has 2 heterocycles. The molecule has 0 saturated carbocycles. The van der Waals surface area contributed by atoms with Gasteiger partial charge in [0.25, 0.3) is 0 Å². The summed E-state index contributed by atoms with van der Waals surface area (Å²) >= 11 is 3.53. The standard InChI is InChI=1S/C12H10BrNO2/c1-15-11-5-3-7-9(13)4-2-8(10-6-16-10)12(7)14-11/h2-5,10H,6H2,1H3. The first kappa shape index (κ1) is 10.1. The molecule has 3 nitrogen and oxygen atoms in total. The van der Waals surface area contributed by atoms with Crippen LogP contribution in [0.2, 0.25) is 0 Å².